The van der Waals surface area contributed by atoms with Gasteiger partial charge in [-0.15, -0.1) is 0 Å². The van der Waals surface area contributed by atoms with Crippen molar-refractivity contribution in [1.82, 2.24) is 0 Å². The molecular formula is C10H19NO2. The summed E-state index contributed by atoms with van der Waals surface area (Å²) in [5.74, 6) is 1.47. The van der Waals surface area contributed by atoms with Crippen LogP contribution in [-0.2, 0) is 0 Å². The van der Waals surface area contributed by atoms with Crippen molar-refractivity contribution in [2.45, 2.75) is 49.7 Å². The van der Waals surface area contributed by atoms with Crippen LogP contribution in [0.1, 0.15) is 38.5 Å². The minimum Gasteiger partial charge on any atom is -0.412 e. The van der Waals surface area contributed by atoms with Crippen LogP contribution >= 0.6 is 0 Å². The molecule has 0 amide bonds. The molecule has 4 bridgehead atoms. The summed E-state index contributed by atoms with van der Waals surface area (Å²) in [6, 6.07) is 0. The lowest BCUT2D eigenvalue weighted by atomic mass is 9.51. The lowest BCUT2D eigenvalue weighted by molar-refractivity contribution is -0.133. The number of rotatable bonds is 0. The summed E-state index contributed by atoms with van der Waals surface area (Å²) in [7, 11) is 0. The molecule has 0 spiro atoms. The summed E-state index contributed by atoms with van der Waals surface area (Å²) in [4.78, 5) is 0. The molecule has 0 heterocycles. The van der Waals surface area contributed by atoms with Crippen LogP contribution in [0.2, 0.25) is 0 Å². The van der Waals surface area contributed by atoms with Gasteiger partial charge in [0.25, 0.3) is 0 Å². The molecule has 4 fully saturated rings. The molecule has 3 heteroatoms. The fraction of sp³-hybridized carbons (Fsp3) is 1.00. The molecule has 0 aromatic carbocycles. The molecule has 0 aliphatic heterocycles. The monoisotopic (exact) mass is 185 g/mol. The summed E-state index contributed by atoms with van der Waals surface area (Å²) in [5, 5.41) is 10.2. The molecule has 0 aromatic rings. The summed E-state index contributed by atoms with van der Waals surface area (Å²) in [5.41, 5.74) is 5.90. The molecule has 0 radical (unpaired) electrons. The molecule has 0 saturated heterocycles. The third-order valence-electron chi connectivity index (χ3n) is 4.08. The van der Waals surface area contributed by atoms with Gasteiger partial charge in [-0.05, 0) is 50.4 Å². The van der Waals surface area contributed by atoms with Crippen LogP contribution in [0.15, 0.2) is 0 Å². The Morgan fingerprint density at radius 1 is 1.08 bits per heavy atom. The van der Waals surface area contributed by atoms with Gasteiger partial charge in [0.15, 0.2) is 0 Å². The van der Waals surface area contributed by atoms with Crippen LogP contribution in [-0.4, -0.2) is 21.7 Å². The fourth-order valence-corrected chi connectivity index (χ4v) is 4.28. The van der Waals surface area contributed by atoms with E-state index in [1.54, 1.807) is 0 Å². The second-order valence-corrected chi connectivity index (χ2v) is 5.55. The van der Waals surface area contributed by atoms with E-state index in [0.717, 1.165) is 31.1 Å². The molecule has 5 N–H and O–H groups in total. The van der Waals surface area contributed by atoms with Crippen LogP contribution in [0.25, 0.3) is 0 Å². The highest BCUT2D eigenvalue weighted by atomic mass is 16.3. The molecule has 4 saturated carbocycles. The molecule has 76 valence electrons. The lowest BCUT2D eigenvalue weighted by Crippen LogP contribution is -2.62. The Hall–Kier alpha value is -0.120. The minimum absolute atomic E-state index is 0. The zero-order chi connectivity index (χ0) is 8.40. The van der Waals surface area contributed by atoms with Crippen molar-refractivity contribution in [2.75, 3.05) is 0 Å². The van der Waals surface area contributed by atoms with Crippen molar-refractivity contribution < 1.29 is 10.6 Å². The van der Waals surface area contributed by atoms with Gasteiger partial charge >= 0.3 is 0 Å². The minimum atomic E-state index is -0.362. The van der Waals surface area contributed by atoms with E-state index < -0.39 is 0 Å². The van der Waals surface area contributed by atoms with Gasteiger partial charge in [-0.3, -0.25) is 0 Å². The van der Waals surface area contributed by atoms with E-state index in [1.165, 1.54) is 19.3 Å². The average Bonchev–Trinajstić information content (AvgIpc) is 1.75. The van der Waals surface area contributed by atoms with Gasteiger partial charge in [-0.2, -0.15) is 0 Å². The van der Waals surface area contributed by atoms with Gasteiger partial charge in [0, 0.05) is 5.54 Å². The van der Waals surface area contributed by atoms with E-state index in [-0.39, 0.29) is 16.6 Å². The Balaban J connectivity index is 0.000000653. The maximum absolute atomic E-state index is 10.2. The highest BCUT2D eigenvalue weighted by Gasteiger charge is 2.55. The Morgan fingerprint density at radius 3 is 2.00 bits per heavy atom. The predicted molar refractivity (Wildman–Crippen MR) is 50.2 cm³/mol. The number of aliphatic hydroxyl groups is 1. The lowest BCUT2D eigenvalue weighted by Gasteiger charge is -2.58. The maximum atomic E-state index is 10.2. The first-order valence-corrected chi connectivity index (χ1v) is 5.08. The molecule has 0 aromatic heterocycles. The molecule has 4 aliphatic carbocycles. The van der Waals surface area contributed by atoms with Crippen molar-refractivity contribution in [3.05, 3.63) is 0 Å². The molecule has 2 unspecified atom stereocenters. The molecule has 4 aliphatic rings. The van der Waals surface area contributed by atoms with Crippen LogP contribution in [0.5, 0.6) is 0 Å². The van der Waals surface area contributed by atoms with E-state index in [9.17, 15) is 5.11 Å². The maximum Gasteiger partial charge on any atom is 0.0670 e. The molecule has 13 heavy (non-hydrogen) atoms. The van der Waals surface area contributed by atoms with Gasteiger partial charge < -0.3 is 16.3 Å². The Bertz CT molecular complexity index is 195. The molecule has 4 rings (SSSR count). The van der Waals surface area contributed by atoms with Crippen LogP contribution in [0, 0.1) is 11.8 Å². The normalized spacial score (nSPS) is 57.7. The zero-order valence-corrected chi connectivity index (χ0v) is 7.92. The highest BCUT2D eigenvalue weighted by molar-refractivity contribution is 5.10. The average molecular weight is 185 g/mol. The van der Waals surface area contributed by atoms with Crippen molar-refractivity contribution in [3.63, 3.8) is 0 Å². The van der Waals surface area contributed by atoms with Gasteiger partial charge in [0.05, 0.1) is 5.60 Å². The smallest absolute Gasteiger partial charge is 0.0670 e. The first-order valence-electron chi connectivity index (χ1n) is 5.08. The number of hydrogen-bond acceptors (Lipinski definition) is 2. The Morgan fingerprint density at radius 2 is 1.62 bits per heavy atom. The van der Waals surface area contributed by atoms with Gasteiger partial charge in [0.2, 0.25) is 0 Å². The van der Waals surface area contributed by atoms with Crippen molar-refractivity contribution in [2.24, 2.45) is 17.6 Å². The van der Waals surface area contributed by atoms with Crippen molar-refractivity contribution in [1.29, 1.82) is 0 Å². The summed E-state index contributed by atoms with van der Waals surface area (Å²) in [6.07, 6.45) is 6.61. The topological polar surface area (TPSA) is 77.8 Å². The number of nitrogens with two attached hydrogens (primary N) is 1. The Labute approximate surface area is 78.6 Å². The second kappa shape index (κ2) is 2.47. The third-order valence-corrected chi connectivity index (χ3v) is 4.08. The second-order valence-electron chi connectivity index (χ2n) is 5.55. The first-order chi connectivity index (χ1) is 5.57. The van der Waals surface area contributed by atoms with Gasteiger partial charge in [-0.25, -0.2) is 0 Å². The molecular weight excluding hydrogens is 166 g/mol. The van der Waals surface area contributed by atoms with Crippen LogP contribution in [0.3, 0.4) is 0 Å². The Kier molecular flexibility index (Phi) is 1.79. The zero-order valence-electron chi connectivity index (χ0n) is 7.92. The van der Waals surface area contributed by atoms with Crippen LogP contribution in [0.4, 0.5) is 0 Å². The van der Waals surface area contributed by atoms with Crippen molar-refractivity contribution in [3.8, 4) is 0 Å². The number of hydrogen-bond donors (Lipinski definition) is 2. The summed E-state index contributed by atoms with van der Waals surface area (Å²) in [6.45, 7) is 0. The quantitative estimate of drug-likeness (QED) is 0.565. The van der Waals surface area contributed by atoms with Gasteiger partial charge in [-0.1, -0.05) is 0 Å². The van der Waals surface area contributed by atoms with E-state index in [0.29, 0.717) is 0 Å². The van der Waals surface area contributed by atoms with E-state index in [4.69, 9.17) is 5.73 Å². The first kappa shape index (κ1) is 9.44. The fourth-order valence-electron chi connectivity index (χ4n) is 4.28. The standard InChI is InChI=1S/C10H17NO.H2O/c11-9-2-7-1-8(3-9)5-10(12,4-7)6-9;/h7-8,12H,1-6,11H2;1H2/t7-,8+,9?,10?;. The van der Waals surface area contributed by atoms with E-state index in [2.05, 4.69) is 0 Å². The largest absolute Gasteiger partial charge is 0.412 e. The summed E-state index contributed by atoms with van der Waals surface area (Å²) < 4.78 is 0. The van der Waals surface area contributed by atoms with E-state index in [1.807, 2.05) is 0 Å². The van der Waals surface area contributed by atoms with Crippen molar-refractivity contribution >= 4 is 0 Å². The highest BCUT2D eigenvalue weighted by Crippen LogP contribution is 2.56. The third kappa shape index (κ3) is 1.30. The SMILES string of the molecule is NC12C[C@H]3C[C@@H](C1)CC(O)(C3)C2.O. The summed E-state index contributed by atoms with van der Waals surface area (Å²) >= 11 is 0. The van der Waals surface area contributed by atoms with Crippen LogP contribution < -0.4 is 5.73 Å². The van der Waals surface area contributed by atoms with Gasteiger partial charge in [0.1, 0.15) is 0 Å². The predicted octanol–water partition coefficient (Wildman–Crippen LogP) is 0.204. The molecule has 4 atom stereocenters. The molecule has 3 nitrogen and oxygen atoms in total. The van der Waals surface area contributed by atoms with E-state index >= 15 is 0 Å².